The minimum absolute atomic E-state index is 0.0210. The Labute approximate surface area is 122 Å². The second-order valence-corrected chi connectivity index (χ2v) is 6.67. The van der Waals surface area contributed by atoms with Gasteiger partial charge in [-0.1, -0.05) is 0 Å². The van der Waals surface area contributed by atoms with Crippen LogP contribution in [0, 0.1) is 0 Å². The first-order valence-corrected chi connectivity index (χ1v) is 7.78. The minimum atomic E-state index is -3.82. The minimum Gasteiger partial charge on any atom is -0.399 e. The lowest BCUT2D eigenvalue weighted by atomic mass is 10.2. The number of benzene rings is 1. The molecule has 21 heavy (non-hydrogen) atoms. The van der Waals surface area contributed by atoms with E-state index in [2.05, 4.69) is 4.98 Å². The number of carbonyl (C=O) groups is 1. The van der Waals surface area contributed by atoms with E-state index in [0.717, 1.165) is 4.31 Å². The zero-order valence-electron chi connectivity index (χ0n) is 11.4. The van der Waals surface area contributed by atoms with Gasteiger partial charge in [-0.05, 0) is 18.2 Å². The number of nitrogen functional groups attached to an aromatic ring is 1. The Morgan fingerprint density at radius 2 is 2.10 bits per heavy atom. The molecular formula is C13H14N4O3S. The number of hydrogen-bond donors (Lipinski definition) is 1. The Morgan fingerprint density at radius 1 is 1.33 bits per heavy atom. The van der Waals surface area contributed by atoms with Crippen LogP contribution in [0.5, 0.6) is 0 Å². The maximum Gasteiger partial charge on any atom is 0.269 e. The number of sulfonamides is 1. The molecule has 0 spiro atoms. The van der Waals surface area contributed by atoms with Gasteiger partial charge in [0.1, 0.15) is 10.7 Å². The summed E-state index contributed by atoms with van der Waals surface area (Å²) in [5.41, 5.74) is 6.09. The fourth-order valence-corrected chi connectivity index (χ4v) is 3.96. The third-order valence-electron chi connectivity index (χ3n) is 3.49. The molecule has 1 aromatic carbocycles. The number of aryl methyl sites for hydroxylation is 1. The van der Waals surface area contributed by atoms with Crippen LogP contribution in [0.2, 0.25) is 0 Å². The predicted octanol–water partition coefficient (Wildman–Crippen LogP) is 0.390. The summed E-state index contributed by atoms with van der Waals surface area (Å²) < 4.78 is 27.5. The Kier molecular flexibility index (Phi) is 2.98. The summed E-state index contributed by atoms with van der Waals surface area (Å²) in [4.78, 5) is 16.3. The fraction of sp³-hybridized carbons (Fsp3) is 0.231. The van der Waals surface area contributed by atoms with Crippen LogP contribution in [0.4, 0.5) is 5.69 Å². The van der Waals surface area contributed by atoms with Gasteiger partial charge in [-0.3, -0.25) is 4.79 Å². The second-order valence-electron chi connectivity index (χ2n) is 4.84. The van der Waals surface area contributed by atoms with Crippen LogP contribution in [0.1, 0.15) is 16.2 Å². The molecule has 2 heterocycles. The third kappa shape index (κ3) is 2.07. The molecule has 0 atom stereocenters. The first-order valence-electron chi connectivity index (χ1n) is 6.34. The van der Waals surface area contributed by atoms with Crippen LogP contribution in [-0.2, 0) is 23.5 Å². The molecule has 1 amide bonds. The van der Waals surface area contributed by atoms with Crippen molar-refractivity contribution in [1.82, 2.24) is 13.9 Å². The van der Waals surface area contributed by atoms with Crippen molar-refractivity contribution >= 4 is 21.6 Å². The highest BCUT2D eigenvalue weighted by Crippen LogP contribution is 2.31. The van der Waals surface area contributed by atoms with Crippen molar-refractivity contribution < 1.29 is 13.2 Å². The van der Waals surface area contributed by atoms with E-state index >= 15 is 0 Å². The van der Waals surface area contributed by atoms with E-state index in [1.165, 1.54) is 18.2 Å². The lowest BCUT2D eigenvalue weighted by Gasteiger charge is -2.14. The number of fused-ring (bicyclic) bond motifs is 1. The average Bonchev–Trinajstić information content (AvgIpc) is 2.90. The number of amides is 1. The molecule has 1 aromatic heterocycles. The highest BCUT2D eigenvalue weighted by molar-refractivity contribution is 7.90. The van der Waals surface area contributed by atoms with E-state index in [1.807, 2.05) is 7.05 Å². The van der Waals surface area contributed by atoms with Crippen LogP contribution in [0.25, 0.3) is 0 Å². The second kappa shape index (κ2) is 4.59. The quantitative estimate of drug-likeness (QED) is 0.827. The van der Waals surface area contributed by atoms with Crippen LogP contribution < -0.4 is 5.73 Å². The van der Waals surface area contributed by atoms with E-state index in [-0.39, 0.29) is 17.0 Å². The topological polar surface area (TPSA) is 98.3 Å². The number of aromatic nitrogens is 2. The van der Waals surface area contributed by atoms with Gasteiger partial charge in [0.15, 0.2) is 0 Å². The summed E-state index contributed by atoms with van der Waals surface area (Å²) in [6, 6.07) is 4.29. The molecule has 2 N–H and O–H groups in total. The van der Waals surface area contributed by atoms with E-state index in [9.17, 15) is 13.2 Å². The van der Waals surface area contributed by atoms with Crippen molar-refractivity contribution in [2.24, 2.45) is 7.05 Å². The van der Waals surface area contributed by atoms with Gasteiger partial charge in [0.2, 0.25) is 0 Å². The Bertz CT molecular complexity index is 826. The molecule has 0 aliphatic carbocycles. The number of rotatable bonds is 3. The molecule has 3 rings (SSSR count). The molecule has 0 saturated carbocycles. The number of nitrogens with zero attached hydrogens (tertiary/aromatic N) is 3. The number of imidazole rings is 1. The van der Waals surface area contributed by atoms with Crippen LogP contribution in [-0.4, -0.2) is 34.7 Å². The molecule has 8 heteroatoms. The molecule has 0 saturated heterocycles. The Balaban J connectivity index is 1.91. The van der Waals surface area contributed by atoms with Crippen LogP contribution >= 0.6 is 0 Å². The highest BCUT2D eigenvalue weighted by Gasteiger charge is 2.40. The van der Waals surface area contributed by atoms with Gasteiger partial charge < -0.3 is 10.3 Å². The molecule has 110 valence electrons. The molecule has 1 aliphatic rings. The Morgan fingerprint density at radius 3 is 2.76 bits per heavy atom. The lowest BCUT2D eigenvalue weighted by molar-refractivity contribution is 0.0871. The third-order valence-corrected chi connectivity index (χ3v) is 5.31. The van der Waals surface area contributed by atoms with Gasteiger partial charge >= 0.3 is 0 Å². The van der Waals surface area contributed by atoms with E-state index < -0.39 is 15.9 Å². The zero-order chi connectivity index (χ0) is 15.2. The van der Waals surface area contributed by atoms with Crippen LogP contribution in [0.15, 0.2) is 35.5 Å². The van der Waals surface area contributed by atoms with Gasteiger partial charge in [-0.15, -0.1) is 0 Å². The van der Waals surface area contributed by atoms with E-state index in [0.29, 0.717) is 17.9 Å². The summed E-state index contributed by atoms with van der Waals surface area (Å²) >= 11 is 0. The maximum absolute atomic E-state index is 12.4. The number of hydrogen-bond acceptors (Lipinski definition) is 5. The van der Waals surface area contributed by atoms with Gasteiger partial charge in [-0.25, -0.2) is 17.7 Å². The molecule has 7 nitrogen and oxygen atoms in total. The highest BCUT2D eigenvalue weighted by atomic mass is 32.2. The van der Waals surface area contributed by atoms with Crippen molar-refractivity contribution in [2.75, 3.05) is 12.3 Å². The molecule has 1 aliphatic heterocycles. The van der Waals surface area contributed by atoms with Crippen molar-refractivity contribution in [3.05, 3.63) is 42.0 Å². The summed E-state index contributed by atoms with van der Waals surface area (Å²) in [7, 11) is -2.00. The molecule has 0 unspecified atom stereocenters. The summed E-state index contributed by atoms with van der Waals surface area (Å²) in [6.45, 7) is 0.0562. The fourth-order valence-electron chi connectivity index (χ4n) is 2.35. The van der Waals surface area contributed by atoms with Gasteiger partial charge in [0.25, 0.3) is 15.9 Å². The summed E-state index contributed by atoms with van der Waals surface area (Å²) in [5.74, 6) is 0.202. The Hall–Kier alpha value is -2.35. The standard InChI is InChI=1S/C13H14N4O3S/c1-16-7-5-15-12(16)4-6-17-13(18)10-3-2-9(14)8-11(10)21(17,19)20/h2-3,5,7-8H,4,6,14H2,1H3. The first kappa shape index (κ1) is 13.6. The summed E-state index contributed by atoms with van der Waals surface area (Å²) in [6.07, 6.45) is 3.76. The van der Waals surface area contributed by atoms with Crippen molar-refractivity contribution in [2.45, 2.75) is 11.3 Å². The largest absolute Gasteiger partial charge is 0.399 e. The SMILES string of the molecule is Cn1ccnc1CCN1C(=O)c2ccc(N)cc2S1(=O)=O. The molecule has 2 aromatic rings. The van der Waals surface area contributed by atoms with E-state index in [1.54, 1.807) is 17.0 Å². The maximum atomic E-state index is 12.4. The number of carbonyl (C=O) groups excluding carboxylic acids is 1. The number of anilines is 1. The normalized spacial score (nSPS) is 16.2. The number of nitrogens with two attached hydrogens (primary N) is 1. The van der Waals surface area contributed by atoms with E-state index in [4.69, 9.17) is 5.73 Å². The van der Waals surface area contributed by atoms with Crippen molar-refractivity contribution in [3.63, 3.8) is 0 Å². The average molecular weight is 306 g/mol. The molecule has 0 fully saturated rings. The molecular weight excluding hydrogens is 292 g/mol. The predicted molar refractivity (Wildman–Crippen MR) is 76.0 cm³/mol. The monoisotopic (exact) mass is 306 g/mol. The van der Waals surface area contributed by atoms with Gasteiger partial charge in [0, 0.05) is 38.1 Å². The van der Waals surface area contributed by atoms with Crippen LogP contribution in [0.3, 0.4) is 0 Å². The molecule has 0 radical (unpaired) electrons. The lowest BCUT2D eigenvalue weighted by Crippen LogP contribution is -2.32. The smallest absolute Gasteiger partial charge is 0.269 e. The van der Waals surface area contributed by atoms with Crippen molar-refractivity contribution in [1.29, 1.82) is 0 Å². The first-order chi connectivity index (χ1) is 9.91. The summed E-state index contributed by atoms with van der Waals surface area (Å²) in [5, 5.41) is 0. The zero-order valence-corrected chi connectivity index (χ0v) is 12.2. The van der Waals surface area contributed by atoms with Gasteiger partial charge in [-0.2, -0.15) is 0 Å². The molecule has 0 bridgehead atoms. The van der Waals surface area contributed by atoms with Gasteiger partial charge in [0.05, 0.1) is 5.56 Å². The van der Waals surface area contributed by atoms with Crippen molar-refractivity contribution in [3.8, 4) is 0 Å².